The third-order valence-electron chi connectivity index (χ3n) is 3.97. The molecule has 0 radical (unpaired) electrons. The number of carbonyl (C=O) groups is 1. The highest BCUT2D eigenvalue weighted by Gasteiger charge is 2.24. The number of benzene rings is 1. The number of hydrogen-bond acceptors (Lipinski definition) is 3. The van der Waals surface area contributed by atoms with Crippen LogP contribution >= 0.6 is 0 Å². The van der Waals surface area contributed by atoms with Crippen LogP contribution in [0.15, 0.2) is 30.3 Å². The van der Waals surface area contributed by atoms with Gasteiger partial charge in [-0.05, 0) is 12.0 Å². The first-order chi connectivity index (χ1) is 9.59. The fourth-order valence-corrected chi connectivity index (χ4v) is 2.72. The van der Waals surface area contributed by atoms with Gasteiger partial charge in [-0.1, -0.05) is 44.2 Å². The summed E-state index contributed by atoms with van der Waals surface area (Å²) in [5, 5.41) is 0. The molecular weight excluding hydrogens is 248 g/mol. The Morgan fingerprint density at radius 1 is 1.05 bits per heavy atom. The van der Waals surface area contributed by atoms with Gasteiger partial charge in [0.2, 0.25) is 0 Å². The predicted molar refractivity (Wildman–Crippen MR) is 82.9 cm³/mol. The van der Waals surface area contributed by atoms with Gasteiger partial charge in [-0.3, -0.25) is 4.90 Å². The van der Waals surface area contributed by atoms with E-state index in [0.717, 1.165) is 52.0 Å². The minimum absolute atomic E-state index is 0.216. The van der Waals surface area contributed by atoms with Crippen molar-refractivity contribution in [3.63, 3.8) is 0 Å². The van der Waals surface area contributed by atoms with Gasteiger partial charge < -0.3 is 9.69 Å². The lowest BCUT2D eigenvalue weighted by atomic mass is 9.95. The zero-order valence-electron chi connectivity index (χ0n) is 12.7. The molecule has 3 nitrogen and oxygen atoms in total. The van der Waals surface area contributed by atoms with Gasteiger partial charge in [-0.15, -0.1) is 0 Å². The molecule has 0 N–H and O–H groups in total. The van der Waals surface area contributed by atoms with Crippen molar-refractivity contribution in [2.75, 3.05) is 39.3 Å². The molecule has 3 heteroatoms. The normalized spacial score (nSPS) is 18.1. The minimum atomic E-state index is -0.216. The molecule has 1 aromatic rings. The van der Waals surface area contributed by atoms with Crippen molar-refractivity contribution in [1.29, 1.82) is 0 Å². The van der Waals surface area contributed by atoms with E-state index >= 15 is 0 Å². The molecule has 0 aromatic heterocycles. The highest BCUT2D eigenvalue weighted by molar-refractivity contribution is 5.58. The van der Waals surface area contributed by atoms with E-state index in [2.05, 4.69) is 40.1 Å². The Morgan fingerprint density at radius 2 is 1.65 bits per heavy atom. The van der Waals surface area contributed by atoms with E-state index in [1.807, 2.05) is 13.8 Å². The molecule has 0 unspecified atom stereocenters. The van der Waals surface area contributed by atoms with Crippen molar-refractivity contribution in [3.05, 3.63) is 35.9 Å². The average Bonchev–Trinajstić information content (AvgIpc) is 2.47. The topological polar surface area (TPSA) is 23.6 Å². The Labute approximate surface area is 122 Å². The second-order valence-electron chi connectivity index (χ2n) is 6.46. The summed E-state index contributed by atoms with van der Waals surface area (Å²) in [6, 6.07) is 10.7. The van der Waals surface area contributed by atoms with Crippen LogP contribution in [-0.4, -0.2) is 55.4 Å². The van der Waals surface area contributed by atoms with Crippen molar-refractivity contribution in [3.8, 4) is 0 Å². The molecule has 1 aromatic carbocycles. The van der Waals surface area contributed by atoms with Crippen LogP contribution in [-0.2, 0) is 11.2 Å². The molecule has 20 heavy (non-hydrogen) atoms. The molecule has 1 saturated heterocycles. The van der Waals surface area contributed by atoms with Crippen LogP contribution in [0.2, 0.25) is 0 Å². The molecule has 0 saturated carbocycles. The fourth-order valence-electron chi connectivity index (χ4n) is 2.72. The molecule has 1 aliphatic rings. The van der Waals surface area contributed by atoms with Crippen LogP contribution in [0.25, 0.3) is 0 Å². The zero-order valence-corrected chi connectivity index (χ0v) is 12.7. The molecule has 1 heterocycles. The molecule has 1 aliphatic heterocycles. The van der Waals surface area contributed by atoms with Crippen LogP contribution in [0.4, 0.5) is 0 Å². The summed E-state index contributed by atoms with van der Waals surface area (Å²) in [5.74, 6) is 0. The molecule has 2 rings (SSSR count). The molecular formula is C17H26N2O. The Bertz CT molecular complexity index is 408. The van der Waals surface area contributed by atoms with Gasteiger partial charge in [-0.2, -0.15) is 0 Å². The number of carbonyl (C=O) groups excluding carboxylic acids is 1. The smallest absolute Gasteiger partial charge is 0.126 e. The summed E-state index contributed by atoms with van der Waals surface area (Å²) in [7, 11) is 0. The van der Waals surface area contributed by atoms with Gasteiger partial charge in [0.25, 0.3) is 0 Å². The zero-order chi connectivity index (χ0) is 14.4. The summed E-state index contributed by atoms with van der Waals surface area (Å²) < 4.78 is 0. The van der Waals surface area contributed by atoms with Gasteiger partial charge in [0, 0.05) is 44.7 Å². The number of piperazine rings is 1. The second kappa shape index (κ2) is 7.00. The van der Waals surface area contributed by atoms with E-state index in [0.29, 0.717) is 0 Å². The Hall–Kier alpha value is -1.19. The molecule has 0 amide bonds. The first-order valence-corrected chi connectivity index (χ1v) is 7.54. The van der Waals surface area contributed by atoms with Crippen LogP contribution in [0.1, 0.15) is 19.4 Å². The van der Waals surface area contributed by atoms with Crippen molar-refractivity contribution in [2.24, 2.45) is 5.41 Å². The lowest BCUT2D eigenvalue weighted by Crippen LogP contribution is -2.49. The maximum absolute atomic E-state index is 11.0. The SMILES string of the molecule is CC(C)(C=O)CN1CCN(CCc2ccccc2)CC1. The first-order valence-electron chi connectivity index (χ1n) is 7.54. The summed E-state index contributed by atoms with van der Waals surface area (Å²) in [6.07, 6.45) is 2.20. The van der Waals surface area contributed by atoms with Crippen LogP contribution in [0, 0.1) is 5.41 Å². The minimum Gasteiger partial charge on any atom is -0.303 e. The van der Waals surface area contributed by atoms with Crippen LogP contribution in [0.5, 0.6) is 0 Å². The third-order valence-corrected chi connectivity index (χ3v) is 3.97. The van der Waals surface area contributed by atoms with Gasteiger partial charge in [0.05, 0.1) is 0 Å². The lowest BCUT2D eigenvalue weighted by Gasteiger charge is -2.37. The molecule has 110 valence electrons. The highest BCUT2D eigenvalue weighted by Crippen LogP contribution is 2.15. The largest absolute Gasteiger partial charge is 0.303 e. The number of aldehydes is 1. The quantitative estimate of drug-likeness (QED) is 0.742. The number of nitrogens with zero attached hydrogens (tertiary/aromatic N) is 2. The lowest BCUT2D eigenvalue weighted by molar-refractivity contribution is -0.115. The van der Waals surface area contributed by atoms with Crippen LogP contribution < -0.4 is 0 Å². The summed E-state index contributed by atoms with van der Waals surface area (Å²) in [4.78, 5) is 15.9. The molecule has 1 fully saturated rings. The van der Waals surface area contributed by atoms with Gasteiger partial charge >= 0.3 is 0 Å². The van der Waals surface area contributed by atoms with E-state index in [1.54, 1.807) is 0 Å². The average molecular weight is 274 g/mol. The van der Waals surface area contributed by atoms with E-state index in [4.69, 9.17) is 0 Å². The fraction of sp³-hybridized carbons (Fsp3) is 0.588. The van der Waals surface area contributed by atoms with E-state index < -0.39 is 0 Å². The van der Waals surface area contributed by atoms with Gasteiger partial charge in [0.1, 0.15) is 6.29 Å². The Morgan fingerprint density at radius 3 is 2.25 bits per heavy atom. The van der Waals surface area contributed by atoms with Crippen LogP contribution in [0.3, 0.4) is 0 Å². The molecule has 0 atom stereocenters. The number of rotatable bonds is 6. The number of hydrogen-bond donors (Lipinski definition) is 0. The predicted octanol–water partition coefficient (Wildman–Crippen LogP) is 2.07. The molecule has 0 aliphatic carbocycles. The summed E-state index contributed by atoms with van der Waals surface area (Å²) >= 11 is 0. The van der Waals surface area contributed by atoms with Crippen molar-refractivity contribution in [1.82, 2.24) is 9.80 Å². The van der Waals surface area contributed by atoms with Gasteiger partial charge in [0.15, 0.2) is 0 Å². The van der Waals surface area contributed by atoms with Crippen molar-refractivity contribution >= 4 is 6.29 Å². The Balaban J connectivity index is 1.70. The first kappa shape index (κ1) is 15.2. The Kier molecular flexibility index (Phi) is 5.32. The van der Waals surface area contributed by atoms with Crippen molar-refractivity contribution < 1.29 is 4.79 Å². The second-order valence-corrected chi connectivity index (χ2v) is 6.46. The highest BCUT2D eigenvalue weighted by atomic mass is 16.1. The maximum atomic E-state index is 11.0. The molecule has 0 spiro atoms. The van der Waals surface area contributed by atoms with E-state index in [9.17, 15) is 4.79 Å². The standard InChI is InChI=1S/C17H26N2O/c1-17(2,15-20)14-19-12-10-18(11-13-19)9-8-16-6-4-3-5-7-16/h3-7,15H,8-14H2,1-2H3. The van der Waals surface area contributed by atoms with E-state index in [1.165, 1.54) is 5.56 Å². The summed E-state index contributed by atoms with van der Waals surface area (Å²) in [6.45, 7) is 10.4. The maximum Gasteiger partial charge on any atom is 0.126 e. The third kappa shape index (κ3) is 4.73. The van der Waals surface area contributed by atoms with Gasteiger partial charge in [-0.25, -0.2) is 0 Å². The van der Waals surface area contributed by atoms with Crippen molar-refractivity contribution in [2.45, 2.75) is 20.3 Å². The summed E-state index contributed by atoms with van der Waals surface area (Å²) in [5.41, 5.74) is 1.20. The van der Waals surface area contributed by atoms with E-state index in [-0.39, 0.29) is 5.41 Å². The molecule has 0 bridgehead atoms. The monoisotopic (exact) mass is 274 g/mol.